The molecule has 0 amide bonds. The van der Waals surface area contributed by atoms with Crippen molar-refractivity contribution in [2.24, 2.45) is 0 Å². The first-order valence-corrected chi connectivity index (χ1v) is 24.6. The number of alkyl halides is 3. The average molecular weight is 998 g/mol. The molecule has 5 aromatic heterocycles. The van der Waals surface area contributed by atoms with Crippen LogP contribution in [0.5, 0.6) is 0 Å². The smallest absolute Gasteiger partial charge is 0.309 e. The zero-order valence-electron chi connectivity index (χ0n) is 41.4. The number of benzene rings is 8. The highest BCUT2D eigenvalue weighted by molar-refractivity contribution is 6.13. The highest BCUT2D eigenvalue weighted by atomic mass is 19.4. The standard InChI is InChI=1S/C62H42F3N11/c1-35-66-36(2)69-59(68-35)41-29-31-51-46(33-41)43-21-11-13-25-49(43)75(51)53-27-15-23-45(61-73-57(39-17-7-5-8-18-39)72-58(74-61)40-19-9-6-10-20-40)55(53)56-48(62(63,64)65)24-16-28-54(56)76-50-26-14-12-22-44(50)47-34-42(30-32-52(47)76)60-70-37(3)67-38(4)71-60/h5-34H,1-4H3. The fourth-order valence-electron chi connectivity index (χ4n) is 10.6. The summed E-state index contributed by atoms with van der Waals surface area (Å²) >= 11 is 0. The van der Waals surface area contributed by atoms with E-state index in [4.69, 9.17) is 15.0 Å². The Morgan fingerprint density at radius 2 is 0.711 bits per heavy atom. The Morgan fingerprint density at radius 3 is 1.18 bits per heavy atom. The van der Waals surface area contributed by atoms with Gasteiger partial charge in [-0.2, -0.15) is 13.2 Å². The Morgan fingerprint density at radius 1 is 0.316 bits per heavy atom. The molecule has 13 aromatic rings. The summed E-state index contributed by atoms with van der Waals surface area (Å²) < 4.78 is 53.6. The number of aromatic nitrogens is 11. The van der Waals surface area contributed by atoms with E-state index in [2.05, 4.69) is 29.9 Å². The maximum atomic E-state index is 16.5. The molecule has 0 bridgehead atoms. The van der Waals surface area contributed by atoms with Crippen LogP contribution in [0.3, 0.4) is 0 Å². The average Bonchev–Trinajstić information content (AvgIpc) is 4.10. The fraction of sp³-hybridized carbons (Fsp3) is 0.0806. The van der Waals surface area contributed by atoms with Gasteiger partial charge in [0.2, 0.25) is 0 Å². The molecule has 5 heterocycles. The minimum Gasteiger partial charge on any atom is -0.309 e. The summed E-state index contributed by atoms with van der Waals surface area (Å²) in [6.07, 6.45) is -4.85. The van der Waals surface area contributed by atoms with E-state index in [1.165, 1.54) is 6.07 Å². The molecule has 0 fully saturated rings. The summed E-state index contributed by atoms with van der Waals surface area (Å²) in [5.41, 5.74) is 6.28. The van der Waals surface area contributed by atoms with Crippen LogP contribution in [-0.4, -0.2) is 54.0 Å². The predicted molar refractivity (Wildman–Crippen MR) is 292 cm³/mol. The van der Waals surface area contributed by atoms with Gasteiger partial charge < -0.3 is 9.13 Å². The second-order valence-electron chi connectivity index (χ2n) is 18.6. The molecule has 0 aliphatic carbocycles. The first-order valence-electron chi connectivity index (χ1n) is 24.6. The summed E-state index contributed by atoms with van der Waals surface area (Å²) in [7, 11) is 0. The van der Waals surface area contributed by atoms with Crippen LogP contribution in [0.4, 0.5) is 13.2 Å². The molecule has 0 radical (unpaired) electrons. The zero-order chi connectivity index (χ0) is 51.8. The maximum Gasteiger partial charge on any atom is 0.417 e. The van der Waals surface area contributed by atoms with Crippen molar-refractivity contribution in [2.45, 2.75) is 33.9 Å². The van der Waals surface area contributed by atoms with Gasteiger partial charge in [-0.15, -0.1) is 0 Å². The fourth-order valence-corrected chi connectivity index (χ4v) is 10.6. The molecule has 0 spiro atoms. The molecule has 11 nitrogen and oxygen atoms in total. The molecule has 8 aromatic carbocycles. The third-order valence-corrected chi connectivity index (χ3v) is 13.6. The van der Waals surface area contributed by atoms with Gasteiger partial charge in [-0.1, -0.05) is 115 Å². The number of para-hydroxylation sites is 2. The highest BCUT2D eigenvalue weighted by Gasteiger charge is 2.38. The van der Waals surface area contributed by atoms with Crippen LogP contribution in [0.1, 0.15) is 28.9 Å². The van der Waals surface area contributed by atoms with Crippen LogP contribution in [0, 0.1) is 27.7 Å². The normalized spacial score (nSPS) is 11.9. The second-order valence-corrected chi connectivity index (χ2v) is 18.6. The van der Waals surface area contributed by atoms with E-state index >= 15 is 13.2 Å². The summed E-state index contributed by atoms with van der Waals surface area (Å²) in [6.45, 7) is 7.30. The lowest BCUT2D eigenvalue weighted by molar-refractivity contribution is -0.137. The number of rotatable bonds is 8. The number of hydrogen-bond donors (Lipinski definition) is 0. The topological polar surface area (TPSA) is 126 Å². The van der Waals surface area contributed by atoms with Crippen LogP contribution >= 0.6 is 0 Å². The lowest BCUT2D eigenvalue weighted by atomic mass is 9.90. The zero-order valence-corrected chi connectivity index (χ0v) is 41.4. The lowest BCUT2D eigenvalue weighted by Crippen LogP contribution is -2.12. The third-order valence-electron chi connectivity index (χ3n) is 13.6. The van der Waals surface area contributed by atoms with E-state index in [0.717, 1.165) is 49.8 Å². The van der Waals surface area contributed by atoms with E-state index in [-0.39, 0.29) is 17.0 Å². The largest absolute Gasteiger partial charge is 0.417 e. The molecule has 13 rings (SSSR count). The van der Waals surface area contributed by atoms with Crippen molar-refractivity contribution in [3.8, 4) is 79.4 Å². The first kappa shape index (κ1) is 46.0. The van der Waals surface area contributed by atoms with Crippen molar-refractivity contribution in [1.82, 2.24) is 54.0 Å². The van der Waals surface area contributed by atoms with Crippen molar-refractivity contribution >= 4 is 43.6 Å². The number of aryl methyl sites for hydroxylation is 4. The molecule has 0 saturated carbocycles. The van der Waals surface area contributed by atoms with Crippen LogP contribution in [-0.2, 0) is 6.18 Å². The predicted octanol–water partition coefficient (Wildman–Crippen LogP) is 14.7. The lowest BCUT2D eigenvalue weighted by Gasteiger charge is -2.24. The molecule has 366 valence electrons. The molecule has 0 saturated heterocycles. The van der Waals surface area contributed by atoms with Crippen LogP contribution < -0.4 is 0 Å². The minimum absolute atomic E-state index is 0.0716. The molecular formula is C62H42F3N11. The van der Waals surface area contributed by atoms with Gasteiger partial charge >= 0.3 is 6.18 Å². The van der Waals surface area contributed by atoms with E-state index in [1.807, 2.05) is 201 Å². The van der Waals surface area contributed by atoms with Crippen LogP contribution in [0.15, 0.2) is 182 Å². The molecule has 76 heavy (non-hydrogen) atoms. The number of hydrogen-bond acceptors (Lipinski definition) is 9. The monoisotopic (exact) mass is 997 g/mol. The number of halogens is 3. The van der Waals surface area contributed by atoms with Crippen molar-refractivity contribution in [1.29, 1.82) is 0 Å². The van der Waals surface area contributed by atoms with Crippen LogP contribution in [0.2, 0.25) is 0 Å². The van der Waals surface area contributed by atoms with Gasteiger partial charge in [0.25, 0.3) is 0 Å². The van der Waals surface area contributed by atoms with Crippen LogP contribution in [0.25, 0.3) is 123 Å². The summed E-state index contributed by atoms with van der Waals surface area (Å²) in [6, 6.07) is 56.5. The van der Waals surface area contributed by atoms with Crippen molar-refractivity contribution < 1.29 is 13.2 Å². The van der Waals surface area contributed by atoms with Gasteiger partial charge in [-0.05, 0) is 94.4 Å². The van der Waals surface area contributed by atoms with Gasteiger partial charge in [0, 0.05) is 60.5 Å². The summed E-state index contributed by atoms with van der Waals surface area (Å²) in [5, 5.41) is 3.37. The Bertz CT molecular complexity index is 4360. The first-order chi connectivity index (χ1) is 36.9. The number of nitrogens with zero attached hydrogens (tertiary/aromatic N) is 11. The Hall–Kier alpha value is -9.82. The summed E-state index contributed by atoms with van der Waals surface area (Å²) in [4.78, 5) is 42.8. The molecule has 14 heteroatoms. The highest BCUT2D eigenvalue weighted by Crippen LogP contribution is 2.49. The molecule has 0 aliphatic rings. The van der Waals surface area contributed by atoms with E-state index < -0.39 is 11.7 Å². The van der Waals surface area contributed by atoms with Crippen molar-refractivity contribution in [3.05, 3.63) is 211 Å². The maximum absolute atomic E-state index is 16.5. The van der Waals surface area contributed by atoms with Crippen molar-refractivity contribution in [3.63, 3.8) is 0 Å². The van der Waals surface area contributed by atoms with E-state index in [0.29, 0.717) is 85.7 Å². The van der Waals surface area contributed by atoms with Gasteiger partial charge in [-0.3, -0.25) is 0 Å². The van der Waals surface area contributed by atoms with Gasteiger partial charge in [-0.25, -0.2) is 44.9 Å². The molecule has 0 aliphatic heterocycles. The van der Waals surface area contributed by atoms with E-state index in [1.54, 1.807) is 6.07 Å². The quantitative estimate of drug-likeness (QED) is 0.146. The minimum atomic E-state index is -4.85. The molecular weight excluding hydrogens is 956 g/mol. The second kappa shape index (κ2) is 18.0. The van der Waals surface area contributed by atoms with E-state index in [9.17, 15) is 0 Å². The molecule has 0 N–H and O–H groups in total. The SMILES string of the molecule is Cc1nc(C)nc(-c2ccc3c(c2)c2ccccc2n3-c2cccc(-c3nc(-c4ccccc4)nc(-c4ccccc4)n3)c2-c2c(-n3c4ccccc4c4cc(-c5nc(C)nc(C)n5)ccc43)cccc2C(F)(F)F)n1. The molecule has 0 unspecified atom stereocenters. The third kappa shape index (κ3) is 7.89. The number of fused-ring (bicyclic) bond motifs is 6. The van der Waals surface area contributed by atoms with Gasteiger partial charge in [0.15, 0.2) is 29.1 Å². The Labute approximate surface area is 433 Å². The van der Waals surface area contributed by atoms with Crippen molar-refractivity contribution in [2.75, 3.05) is 0 Å². The Kier molecular flexibility index (Phi) is 10.9. The Balaban J connectivity index is 1.17. The molecule has 0 atom stereocenters. The summed E-state index contributed by atoms with van der Waals surface area (Å²) in [5.74, 6) is 4.26. The van der Waals surface area contributed by atoms with Gasteiger partial charge in [0.05, 0.1) is 39.0 Å². The van der Waals surface area contributed by atoms with Gasteiger partial charge in [0.1, 0.15) is 23.3 Å².